The summed E-state index contributed by atoms with van der Waals surface area (Å²) < 4.78 is 6.40. The Balaban J connectivity index is 1.59. The predicted molar refractivity (Wildman–Crippen MR) is 90.2 cm³/mol. The third-order valence-electron chi connectivity index (χ3n) is 3.42. The van der Waals surface area contributed by atoms with Crippen LogP contribution in [0.25, 0.3) is 16.8 Å². The number of methoxy groups -OCH3 is 1. The summed E-state index contributed by atoms with van der Waals surface area (Å²) in [4.78, 5) is 28.0. The number of aromatic amines is 2. The van der Waals surface area contributed by atoms with Gasteiger partial charge in [0, 0.05) is 17.9 Å². The maximum Gasteiger partial charge on any atom is 0.274 e. The molecule has 24 heavy (non-hydrogen) atoms. The van der Waals surface area contributed by atoms with Gasteiger partial charge < -0.3 is 15.5 Å². The van der Waals surface area contributed by atoms with Gasteiger partial charge in [-0.15, -0.1) is 0 Å². The molecule has 3 aromatic heterocycles. The van der Waals surface area contributed by atoms with E-state index >= 15 is 0 Å². The lowest BCUT2D eigenvalue weighted by molar-refractivity contribution is 0.415. The molecule has 4 rings (SSSR count). The fraction of sp³-hybridized carbons (Fsp3) is 0.143. The Kier molecular flexibility index (Phi) is 3.38. The van der Waals surface area contributed by atoms with Crippen LogP contribution in [0.2, 0.25) is 0 Å². The van der Waals surface area contributed by atoms with E-state index in [-0.39, 0.29) is 17.3 Å². The van der Waals surface area contributed by atoms with Crippen LogP contribution in [0.1, 0.15) is 5.69 Å². The molecular formula is C14H13N7O2S. The highest BCUT2D eigenvalue weighted by Gasteiger charge is 2.09. The summed E-state index contributed by atoms with van der Waals surface area (Å²) in [6.45, 7) is 0. The van der Waals surface area contributed by atoms with Crippen molar-refractivity contribution in [3.8, 4) is 5.75 Å². The molecule has 0 saturated carbocycles. The highest BCUT2D eigenvalue weighted by molar-refractivity contribution is 7.98. The molecule has 0 aliphatic rings. The maximum absolute atomic E-state index is 12.0. The van der Waals surface area contributed by atoms with Gasteiger partial charge in [0.05, 0.1) is 23.8 Å². The molecule has 0 spiro atoms. The molecule has 10 heteroatoms. The van der Waals surface area contributed by atoms with Crippen LogP contribution in [0, 0.1) is 0 Å². The van der Waals surface area contributed by atoms with Crippen LogP contribution < -0.4 is 16.0 Å². The molecule has 1 aromatic carbocycles. The van der Waals surface area contributed by atoms with Crippen LogP contribution in [0.3, 0.4) is 0 Å². The highest BCUT2D eigenvalue weighted by atomic mass is 32.2. The lowest BCUT2D eigenvalue weighted by Gasteiger charge is -1.98. The molecule has 122 valence electrons. The van der Waals surface area contributed by atoms with Gasteiger partial charge in [-0.3, -0.25) is 9.89 Å². The normalized spacial score (nSPS) is 11.4. The summed E-state index contributed by atoms with van der Waals surface area (Å²) in [5, 5.41) is 3.37. The average molecular weight is 343 g/mol. The number of thioether (sulfide) groups is 1. The van der Waals surface area contributed by atoms with Crippen molar-refractivity contribution in [2.24, 2.45) is 0 Å². The Morgan fingerprint density at radius 2 is 2.17 bits per heavy atom. The number of nitrogens with one attached hydrogen (secondary N) is 2. The summed E-state index contributed by atoms with van der Waals surface area (Å²) in [7, 11) is 1.62. The second-order valence-electron chi connectivity index (χ2n) is 5.04. The van der Waals surface area contributed by atoms with Crippen molar-refractivity contribution < 1.29 is 4.74 Å². The summed E-state index contributed by atoms with van der Waals surface area (Å²) >= 11 is 1.45. The van der Waals surface area contributed by atoms with Crippen molar-refractivity contribution >= 4 is 34.5 Å². The van der Waals surface area contributed by atoms with E-state index < -0.39 is 0 Å². The van der Waals surface area contributed by atoms with Crippen LogP contribution in [-0.4, -0.2) is 36.7 Å². The number of rotatable bonds is 4. The molecule has 0 aliphatic carbocycles. The molecule has 4 aromatic rings. The summed E-state index contributed by atoms with van der Waals surface area (Å²) in [6.07, 6.45) is 0. The number of H-pyrrole nitrogens is 2. The number of ether oxygens (including phenoxy) is 1. The van der Waals surface area contributed by atoms with E-state index in [1.165, 1.54) is 22.3 Å². The van der Waals surface area contributed by atoms with Crippen molar-refractivity contribution in [2.75, 3.05) is 12.8 Å². The fourth-order valence-electron chi connectivity index (χ4n) is 2.32. The van der Waals surface area contributed by atoms with E-state index in [0.29, 0.717) is 11.4 Å². The lowest BCUT2D eigenvalue weighted by atomic mass is 10.3. The number of anilines is 1. The summed E-state index contributed by atoms with van der Waals surface area (Å²) in [5.41, 5.74) is 7.63. The van der Waals surface area contributed by atoms with Crippen LogP contribution in [0.15, 0.2) is 34.2 Å². The molecule has 0 atom stereocenters. The summed E-state index contributed by atoms with van der Waals surface area (Å²) in [5.74, 6) is 1.65. The zero-order chi connectivity index (χ0) is 16.7. The van der Waals surface area contributed by atoms with Gasteiger partial charge in [-0.05, 0) is 12.1 Å². The van der Waals surface area contributed by atoms with Crippen molar-refractivity contribution in [3.63, 3.8) is 0 Å². The van der Waals surface area contributed by atoms with Crippen molar-refractivity contribution in [3.05, 3.63) is 40.3 Å². The number of benzene rings is 1. The number of nitrogens with zero attached hydrogens (tertiary/aromatic N) is 4. The topological polar surface area (TPSA) is 127 Å². The van der Waals surface area contributed by atoms with Gasteiger partial charge >= 0.3 is 0 Å². The van der Waals surface area contributed by atoms with Gasteiger partial charge in [0.25, 0.3) is 11.3 Å². The van der Waals surface area contributed by atoms with E-state index in [9.17, 15) is 4.79 Å². The van der Waals surface area contributed by atoms with Crippen molar-refractivity contribution in [1.29, 1.82) is 0 Å². The molecule has 0 bridgehead atoms. The van der Waals surface area contributed by atoms with Gasteiger partial charge in [-0.2, -0.15) is 9.50 Å². The fourth-order valence-corrected chi connectivity index (χ4v) is 3.10. The van der Waals surface area contributed by atoms with E-state index in [2.05, 4.69) is 25.0 Å². The highest BCUT2D eigenvalue weighted by Crippen LogP contribution is 2.24. The van der Waals surface area contributed by atoms with Gasteiger partial charge in [0.15, 0.2) is 5.16 Å². The Morgan fingerprint density at radius 1 is 1.29 bits per heavy atom. The van der Waals surface area contributed by atoms with Gasteiger partial charge in [0.2, 0.25) is 5.95 Å². The second-order valence-corrected chi connectivity index (χ2v) is 6.01. The number of nitrogens with two attached hydrogens (primary N) is 1. The minimum Gasteiger partial charge on any atom is -0.497 e. The second kappa shape index (κ2) is 5.57. The first-order valence-electron chi connectivity index (χ1n) is 7.03. The van der Waals surface area contributed by atoms with E-state index in [1.54, 1.807) is 7.11 Å². The molecule has 0 unspecified atom stereocenters. The maximum atomic E-state index is 12.0. The number of aromatic nitrogens is 6. The lowest BCUT2D eigenvalue weighted by Crippen LogP contribution is -2.15. The molecule has 0 amide bonds. The first-order chi connectivity index (χ1) is 11.6. The van der Waals surface area contributed by atoms with Gasteiger partial charge in [-0.25, -0.2) is 9.97 Å². The third-order valence-corrected chi connectivity index (χ3v) is 4.33. The van der Waals surface area contributed by atoms with Gasteiger partial charge in [-0.1, -0.05) is 11.8 Å². The van der Waals surface area contributed by atoms with Crippen LogP contribution in [0.5, 0.6) is 5.75 Å². The third kappa shape index (κ3) is 2.56. The van der Waals surface area contributed by atoms with E-state index in [0.717, 1.165) is 21.9 Å². The summed E-state index contributed by atoms with van der Waals surface area (Å²) in [6, 6.07) is 7.08. The number of fused-ring (bicyclic) bond motifs is 2. The largest absolute Gasteiger partial charge is 0.497 e. The van der Waals surface area contributed by atoms with E-state index in [1.807, 2.05) is 18.2 Å². The standard InChI is InChI=1S/C14H13N7O2S/c1-23-8-2-3-9-10(5-8)18-14(17-9)24-6-7-4-11(22)21-13(16-7)19-12(15)20-21/h2-5H,6H2,1H3,(H,17,18)(H3,15,16,19,20). The van der Waals surface area contributed by atoms with E-state index in [4.69, 9.17) is 10.5 Å². The Morgan fingerprint density at radius 3 is 3.00 bits per heavy atom. The number of nitrogen functional groups attached to an aromatic ring is 1. The number of hydrogen-bond acceptors (Lipinski definition) is 7. The minimum atomic E-state index is -0.255. The SMILES string of the molecule is COc1ccc2nc(SCc3cc(=O)n4[nH]c(N)nc4n3)[nH]c2c1. The van der Waals surface area contributed by atoms with Crippen LogP contribution in [0.4, 0.5) is 5.95 Å². The minimum absolute atomic E-state index is 0.149. The Labute approximate surface area is 139 Å². The van der Waals surface area contributed by atoms with Crippen molar-refractivity contribution in [1.82, 2.24) is 29.5 Å². The Hall–Kier alpha value is -3.01. The predicted octanol–water partition coefficient (Wildman–Crippen LogP) is 1.18. The molecule has 0 aliphatic heterocycles. The molecule has 9 nitrogen and oxygen atoms in total. The molecular weight excluding hydrogens is 330 g/mol. The Bertz CT molecular complexity index is 1100. The quantitative estimate of drug-likeness (QED) is 0.475. The monoisotopic (exact) mass is 343 g/mol. The zero-order valence-corrected chi connectivity index (χ0v) is 13.4. The molecule has 4 N–H and O–H groups in total. The van der Waals surface area contributed by atoms with Crippen LogP contribution in [-0.2, 0) is 5.75 Å². The average Bonchev–Trinajstić information content (AvgIpc) is 3.14. The molecule has 0 saturated heterocycles. The molecule has 0 fully saturated rings. The number of imidazole rings is 1. The first kappa shape index (κ1) is 14.6. The van der Waals surface area contributed by atoms with Crippen molar-refractivity contribution in [2.45, 2.75) is 10.9 Å². The van der Waals surface area contributed by atoms with Crippen LogP contribution >= 0.6 is 11.8 Å². The number of hydrogen-bond donors (Lipinski definition) is 3. The first-order valence-corrected chi connectivity index (χ1v) is 8.01. The molecule has 0 radical (unpaired) electrons. The smallest absolute Gasteiger partial charge is 0.274 e. The van der Waals surface area contributed by atoms with Gasteiger partial charge in [0.1, 0.15) is 5.75 Å². The zero-order valence-electron chi connectivity index (χ0n) is 12.6. The molecule has 3 heterocycles.